The third-order valence-electron chi connectivity index (χ3n) is 4.51. The maximum Gasteiger partial charge on any atom is 0.262 e. The number of benzene rings is 1. The van der Waals surface area contributed by atoms with E-state index in [1.165, 1.54) is 4.90 Å². The Morgan fingerprint density at radius 3 is 2.42 bits per heavy atom. The number of hydroxylamine groups is 1. The van der Waals surface area contributed by atoms with Crippen LogP contribution in [0.4, 0.5) is 5.69 Å². The van der Waals surface area contributed by atoms with Gasteiger partial charge in [0.25, 0.3) is 5.91 Å². The van der Waals surface area contributed by atoms with Crippen molar-refractivity contribution in [2.45, 2.75) is 32.0 Å². The van der Waals surface area contributed by atoms with Gasteiger partial charge < -0.3 is 0 Å². The molecule has 0 unspecified atom stereocenters. The number of fused-ring (bicyclic) bond motifs is 1. The van der Waals surface area contributed by atoms with Gasteiger partial charge >= 0.3 is 0 Å². The summed E-state index contributed by atoms with van der Waals surface area (Å²) in [6.45, 7) is 3.71. The summed E-state index contributed by atoms with van der Waals surface area (Å²) in [7, 11) is 0. The van der Waals surface area contributed by atoms with Gasteiger partial charge in [0.2, 0.25) is 5.91 Å². The molecule has 0 bridgehead atoms. The average molecular weight is 342 g/mol. The first-order valence-corrected chi connectivity index (χ1v) is 8.89. The first-order valence-electron chi connectivity index (χ1n) is 8.01. The number of anilines is 1. The number of nitrogens with zero attached hydrogens (tertiary/aromatic N) is 2. The van der Waals surface area contributed by atoms with E-state index in [4.69, 9.17) is 4.84 Å². The van der Waals surface area contributed by atoms with Crippen molar-refractivity contribution in [3.05, 3.63) is 52.7 Å². The predicted molar refractivity (Wildman–Crippen MR) is 91.3 cm³/mol. The van der Waals surface area contributed by atoms with Crippen LogP contribution in [0.25, 0.3) is 0 Å². The molecule has 4 rings (SSSR count). The zero-order valence-corrected chi connectivity index (χ0v) is 14.3. The summed E-state index contributed by atoms with van der Waals surface area (Å²) >= 11 is 1.58. The Morgan fingerprint density at radius 2 is 1.79 bits per heavy atom. The van der Waals surface area contributed by atoms with Crippen LogP contribution in [0.1, 0.15) is 24.8 Å². The highest BCUT2D eigenvalue weighted by atomic mass is 32.1. The largest absolute Gasteiger partial charge is 0.277 e. The van der Waals surface area contributed by atoms with Crippen LogP contribution in [-0.2, 0) is 14.4 Å². The van der Waals surface area contributed by atoms with Crippen molar-refractivity contribution in [1.29, 1.82) is 0 Å². The number of hydrogen-bond acceptors (Lipinski definition) is 5. The minimum atomic E-state index is -0.743. The van der Waals surface area contributed by atoms with E-state index in [0.29, 0.717) is 0 Å². The molecule has 0 saturated carbocycles. The molecule has 2 aliphatic rings. The lowest BCUT2D eigenvalue weighted by molar-refractivity contribution is -0.145. The molecule has 2 aromatic rings. The first kappa shape index (κ1) is 15.4. The van der Waals surface area contributed by atoms with Crippen molar-refractivity contribution < 1.29 is 14.4 Å². The number of carbonyl (C=O) groups is 2. The summed E-state index contributed by atoms with van der Waals surface area (Å²) in [4.78, 5) is 34.0. The highest BCUT2D eigenvalue weighted by Crippen LogP contribution is 2.47. The monoisotopic (exact) mass is 342 g/mol. The van der Waals surface area contributed by atoms with E-state index in [-0.39, 0.29) is 23.9 Å². The highest BCUT2D eigenvalue weighted by Gasteiger charge is 2.60. The average Bonchev–Trinajstić information content (AvgIpc) is 3.26. The quantitative estimate of drug-likeness (QED) is 0.805. The van der Waals surface area contributed by atoms with E-state index in [1.54, 1.807) is 16.4 Å². The minimum absolute atomic E-state index is 0.142. The number of likely N-dealkylation sites (tertiary alicyclic amines) is 1. The van der Waals surface area contributed by atoms with Crippen molar-refractivity contribution in [2.75, 3.05) is 5.06 Å². The number of rotatable bonds is 3. The lowest BCUT2D eigenvalue weighted by Gasteiger charge is -2.28. The number of thiophene rings is 1. The van der Waals surface area contributed by atoms with Gasteiger partial charge in [-0.05, 0) is 37.4 Å². The first-order chi connectivity index (χ1) is 11.6. The maximum atomic E-state index is 12.9. The molecule has 0 aliphatic carbocycles. The third kappa shape index (κ3) is 2.17. The van der Waals surface area contributed by atoms with Crippen molar-refractivity contribution in [1.82, 2.24) is 4.90 Å². The fourth-order valence-corrected chi connectivity index (χ4v) is 4.35. The number of carbonyl (C=O) groups excluding carboxylic acids is 2. The molecule has 1 aromatic carbocycles. The second-order valence-corrected chi connectivity index (χ2v) is 7.29. The molecule has 3 atom stereocenters. The molecule has 1 aromatic heterocycles. The molecule has 0 spiro atoms. The summed E-state index contributed by atoms with van der Waals surface area (Å²) in [5.41, 5.74) is 0.849. The summed E-state index contributed by atoms with van der Waals surface area (Å²) in [5.74, 6) is -0.879. The van der Waals surface area contributed by atoms with Gasteiger partial charge in [0, 0.05) is 10.9 Å². The van der Waals surface area contributed by atoms with Crippen molar-refractivity contribution in [2.24, 2.45) is 5.92 Å². The van der Waals surface area contributed by atoms with Crippen LogP contribution in [0, 0.1) is 5.92 Å². The van der Waals surface area contributed by atoms with Crippen LogP contribution in [0.15, 0.2) is 47.8 Å². The smallest absolute Gasteiger partial charge is 0.262 e. The summed E-state index contributed by atoms with van der Waals surface area (Å²) in [5, 5.41) is 3.71. The van der Waals surface area contributed by atoms with E-state index >= 15 is 0 Å². The van der Waals surface area contributed by atoms with Gasteiger partial charge in [-0.15, -0.1) is 11.3 Å². The Bertz CT molecular complexity index is 760. The minimum Gasteiger partial charge on any atom is -0.277 e. The molecule has 3 heterocycles. The van der Waals surface area contributed by atoms with Gasteiger partial charge in [0.05, 0.1) is 5.69 Å². The van der Waals surface area contributed by atoms with E-state index in [1.807, 2.05) is 61.7 Å². The highest BCUT2D eigenvalue weighted by molar-refractivity contribution is 7.10. The van der Waals surface area contributed by atoms with Crippen LogP contribution in [0.5, 0.6) is 0 Å². The predicted octanol–water partition coefficient (Wildman–Crippen LogP) is 3.00. The number of imide groups is 1. The Labute approximate surface area is 144 Å². The standard InChI is InChI=1S/C18H18N2O3S/c1-11(2)19-17(21)14-15(13-9-6-10-24-13)20(23-16(14)18(19)22)12-7-4-3-5-8-12/h3-11,14-16H,1-2H3/t14-,15-,16+/m1/s1. The zero-order valence-electron chi connectivity index (χ0n) is 13.5. The third-order valence-corrected chi connectivity index (χ3v) is 5.45. The topological polar surface area (TPSA) is 49.9 Å². The molecule has 124 valence electrons. The van der Waals surface area contributed by atoms with Crippen LogP contribution in [0.3, 0.4) is 0 Å². The van der Waals surface area contributed by atoms with Gasteiger partial charge in [0.1, 0.15) is 12.0 Å². The van der Waals surface area contributed by atoms with Gasteiger partial charge in [-0.1, -0.05) is 24.3 Å². The SMILES string of the molecule is CC(C)N1C(=O)[C@H]2[C@H](ON(c3ccccc3)[C@@H]2c2cccs2)C1=O. The van der Waals surface area contributed by atoms with E-state index in [0.717, 1.165) is 10.6 Å². The molecule has 6 heteroatoms. The number of amides is 2. The molecule has 2 amide bonds. The maximum absolute atomic E-state index is 12.9. The Balaban J connectivity index is 1.78. The lowest BCUT2D eigenvalue weighted by atomic mass is 9.95. The molecule has 24 heavy (non-hydrogen) atoms. The fraction of sp³-hybridized carbons (Fsp3) is 0.333. The summed E-state index contributed by atoms with van der Waals surface area (Å²) in [6, 6.07) is 13.1. The van der Waals surface area contributed by atoms with E-state index < -0.39 is 12.0 Å². The second-order valence-electron chi connectivity index (χ2n) is 6.31. The van der Waals surface area contributed by atoms with Crippen molar-refractivity contribution in [3.8, 4) is 0 Å². The van der Waals surface area contributed by atoms with E-state index in [9.17, 15) is 9.59 Å². The molecule has 5 nitrogen and oxygen atoms in total. The van der Waals surface area contributed by atoms with Crippen LogP contribution < -0.4 is 5.06 Å². The molecular formula is C18H18N2O3S. The lowest BCUT2D eigenvalue weighted by Crippen LogP contribution is -2.41. The Hall–Kier alpha value is -2.18. The molecular weight excluding hydrogens is 324 g/mol. The summed E-state index contributed by atoms with van der Waals surface area (Å²) < 4.78 is 0. The fourth-order valence-electron chi connectivity index (χ4n) is 3.49. The molecule has 2 aliphatic heterocycles. The zero-order chi connectivity index (χ0) is 16.8. The van der Waals surface area contributed by atoms with Crippen molar-refractivity contribution in [3.63, 3.8) is 0 Å². The summed E-state index contributed by atoms with van der Waals surface area (Å²) in [6.07, 6.45) is -0.743. The Kier molecular flexibility index (Phi) is 3.66. The van der Waals surface area contributed by atoms with Crippen LogP contribution in [-0.4, -0.2) is 28.9 Å². The van der Waals surface area contributed by atoms with E-state index in [2.05, 4.69) is 0 Å². The molecule has 0 radical (unpaired) electrons. The molecule has 2 saturated heterocycles. The molecule has 2 fully saturated rings. The van der Waals surface area contributed by atoms with Gasteiger partial charge in [0.15, 0.2) is 6.10 Å². The number of hydrogen-bond donors (Lipinski definition) is 0. The molecule has 0 N–H and O–H groups in total. The Morgan fingerprint density at radius 1 is 1.04 bits per heavy atom. The van der Waals surface area contributed by atoms with Crippen LogP contribution in [0.2, 0.25) is 0 Å². The normalized spacial score (nSPS) is 26.5. The van der Waals surface area contributed by atoms with Gasteiger partial charge in [-0.2, -0.15) is 0 Å². The number of para-hydroxylation sites is 1. The van der Waals surface area contributed by atoms with Gasteiger partial charge in [-0.3, -0.25) is 19.3 Å². The second kappa shape index (κ2) is 5.72. The van der Waals surface area contributed by atoms with Gasteiger partial charge in [-0.25, -0.2) is 5.06 Å². The van der Waals surface area contributed by atoms with Crippen LogP contribution >= 0.6 is 11.3 Å². The van der Waals surface area contributed by atoms with Crippen molar-refractivity contribution >= 4 is 28.8 Å².